The summed E-state index contributed by atoms with van der Waals surface area (Å²) in [6.45, 7) is 0. The van der Waals surface area contributed by atoms with Crippen molar-refractivity contribution in [3.63, 3.8) is 0 Å². The van der Waals surface area contributed by atoms with Gasteiger partial charge in [-0.05, 0) is 131 Å². The van der Waals surface area contributed by atoms with E-state index in [0.717, 1.165) is 54.6 Å². The van der Waals surface area contributed by atoms with Crippen LogP contribution in [0.5, 0.6) is 0 Å². The fraction of sp³-hybridized carbons (Fsp3) is 0. The fourth-order valence-electron chi connectivity index (χ4n) is 9.23. The van der Waals surface area contributed by atoms with Crippen molar-refractivity contribution in [3.8, 4) is 54.8 Å². The minimum Gasteiger partial charge on any atom is -0.309 e. The Morgan fingerprint density at radius 1 is 0.290 bits per heavy atom. The molecule has 0 aliphatic carbocycles. The molecular formula is C56H34N4S2. The molecule has 0 bridgehead atoms. The molecule has 4 aromatic heterocycles. The average molecular weight is 827 g/mol. The van der Waals surface area contributed by atoms with Gasteiger partial charge < -0.3 is 9.13 Å². The highest BCUT2D eigenvalue weighted by Gasteiger charge is 2.19. The SMILES string of the molecule is c1ccc(-c2ccc3c(c2)c2cc(-c4nc5ccccc5s4)ccc2n3-c2ccc(-n3c4ccc(-c5ccccc5)cc4c4cc(-c5nc6ccccc6s5)ccc43)cc2)cc1. The normalized spacial score (nSPS) is 11.9. The summed E-state index contributed by atoms with van der Waals surface area (Å²) < 4.78 is 7.22. The molecule has 4 heterocycles. The zero-order valence-corrected chi connectivity index (χ0v) is 34.9. The molecule has 4 nitrogen and oxygen atoms in total. The van der Waals surface area contributed by atoms with Gasteiger partial charge in [0.15, 0.2) is 0 Å². The van der Waals surface area contributed by atoms with Gasteiger partial charge in [-0.1, -0.05) is 97.1 Å². The van der Waals surface area contributed by atoms with Crippen molar-refractivity contribution < 1.29 is 0 Å². The summed E-state index contributed by atoms with van der Waals surface area (Å²) in [6.07, 6.45) is 0. The first-order valence-electron chi connectivity index (χ1n) is 20.8. The van der Waals surface area contributed by atoms with E-state index >= 15 is 0 Å². The average Bonchev–Trinajstić information content (AvgIpc) is 4.12. The molecule has 0 N–H and O–H groups in total. The van der Waals surface area contributed by atoms with E-state index in [4.69, 9.17) is 9.97 Å². The molecular weight excluding hydrogens is 793 g/mol. The third kappa shape index (κ3) is 5.65. The second-order valence-electron chi connectivity index (χ2n) is 15.8. The van der Waals surface area contributed by atoms with Gasteiger partial charge in [-0.15, -0.1) is 22.7 Å². The lowest BCUT2D eigenvalue weighted by Crippen LogP contribution is -1.97. The number of benzene rings is 9. The van der Waals surface area contributed by atoms with Gasteiger partial charge in [-0.2, -0.15) is 0 Å². The summed E-state index contributed by atoms with van der Waals surface area (Å²) in [5.74, 6) is 0. The van der Waals surface area contributed by atoms with Gasteiger partial charge in [-0.25, -0.2) is 9.97 Å². The molecule has 9 aromatic carbocycles. The zero-order chi connectivity index (χ0) is 40.7. The second-order valence-corrected chi connectivity index (χ2v) is 17.9. The minimum absolute atomic E-state index is 1.03. The van der Waals surface area contributed by atoms with E-state index in [1.165, 1.54) is 64.2 Å². The quantitative estimate of drug-likeness (QED) is 0.167. The van der Waals surface area contributed by atoms with Gasteiger partial charge in [0.2, 0.25) is 0 Å². The van der Waals surface area contributed by atoms with Crippen LogP contribution in [0.2, 0.25) is 0 Å². The van der Waals surface area contributed by atoms with E-state index in [0.29, 0.717) is 0 Å². The Bertz CT molecular complexity index is 3530. The molecule has 0 radical (unpaired) electrons. The van der Waals surface area contributed by atoms with Crippen LogP contribution in [0.15, 0.2) is 206 Å². The molecule has 0 amide bonds. The predicted molar refractivity (Wildman–Crippen MR) is 263 cm³/mol. The van der Waals surface area contributed by atoms with Crippen LogP contribution in [0.25, 0.3) is 119 Å². The summed E-state index contributed by atoms with van der Waals surface area (Å²) in [5, 5.41) is 6.92. The number of fused-ring (bicyclic) bond motifs is 8. The lowest BCUT2D eigenvalue weighted by atomic mass is 10.0. The van der Waals surface area contributed by atoms with Crippen LogP contribution in [0.1, 0.15) is 0 Å². The summed E-state index contributed by atoms with van der Waals surface area (Å²) in [4.78, 5) is 10.1. The summed E-state index contributed by atoms with van der Waals surface area (Å²) in [7, 11) is 0. The predicted octanol–water partition coefficient (Wildman–Crippen LogP) is 15.8. The molecule has 0 saturated heterocycles. The van der Waals surface area contributed by atoms with Crippen molar-refractivity contribution >= 4 is 86.7 Å². The largest absolute Gasteiger partial charge is 0.309 e. The smallest absolute Gasteiger partial charge is 0.124 e. The lowest BCUT2D eigenvalue weighted by Gasteiger charge is -2.12. The van der Waals surface area contributed by atoms with Crippen molar-refractivity contribution in [3.05, 3.63) is 206 Å². The van der Waals surface area contributed by atoms with Crippen molar-refractivity contribution in [2.75, 3.05) is 0 Å². The van der Waals surface area contributed by atoms with Gasteiger partial charge in [-0.3, -0.25) is 0 Å². The van der Waals surface area contributed by atoms with Crippen LogP contribution in [-0.4, -0.2) is 19.1 Å². The maximum Gasteiger partial charge on any atom is 0.124 e. The molecule has 0 fully saturated rings. The fourth-order valence-corrected chi connectivity index (χ4v) is 11.2. The lowest BCUT2D eigenvalue weighted by molar-refractivity contribution is 1.14. The van der Waals surface area contributed by atoms with Crippen LogP contribution >= 0.6 is 22.7 Å². The van der Waals surface area contributed by atoms with E-state index in [1.807, 2.05) is 0 Å². The Kier molecular flexibility index (Phi) is 7.92. The first kappa shape index (κ1) is 35.1. The van der Waals surface area contributed by atoms with E-state index in [2.05, 4.69) is 215 Å². The molecule has 0 aliphatic heterocycles. The molecule has 13 aromatic rings. The maximum atomic E-state index is 5.03. The molecule has 0 atom stereocenters. The Morgan fingerprint density at radius 3 is 1.02 bits per heavy atom. The molecule has 0 aliphatic rings. The van der Waals surface area contributed by atoms with Gasteiger partial charge in [0, 0.05) is 44.0 Å². The molecule has 0 saturated carbocycles. The molecule has 290 valence electrons. The molecule has 0 spiro atoms. The van der Waals surface area contributed by atoms with Crippen LogP contribution in [0.3, 0.4) is 0 Å². The van der Waals surface area contributed by atoms with Gasteiger partial charge >= 0.3 is 0 Å². The third-order valence-electron chi connectivity index (χ3n) is 12.2. The third-order valence-corrected chi connectivity index (χ3v) is 14.4. The van der Waals surface area contributed by atoms with E-state index in [9.17, 15) is 0 Å². The van der Waals surface area contributed by atoms with Gasteiger partial charge in [0.05, 0.1) is 42.5 Å². The first-order valence-corrected chi connectivity index (χ1v) is 22.4. The molecule has 6 heteroatoms. The van der Waals surface area contributed by atoms with Crippen molar-refractivity contribution in [1.82, 2.24) is 19.1 Å². The Hall–Kier alpha value is -7.64. The standard InChI is InChI=1S/C56H34N4S2/c1-3-11-35(12-4-1)37-19-27-49-43(31-37)45-33-39(55-57-47-15-7-9-17-53(47)61-55)21-29-51(45)59(49)41-23-25-42(26-24-41)60-50-28-20-38(36-13-5-2-6-14-36)32-44(50)46-34-40(22-30-52(46)60)56-58-48-16-8-10-18-54(48)62-56/h1-34H. The minimum atomic E-state index is 1.03. The van der Waals surface area contributed by atoms with Crippen LogP contribution in [-0.2, 0) is 0 Å². The van der Waals surface area contributed by atoms with E-state index in [1.54, 1.807) is 22.7 Å². The van der Waals surface area contributed by atoms with Crippen molar-refractivity contribution in [1.29, 1.82) is 0 Å². The first-order chi connectivity index (χ1) is 30.7. The van der Waals surface area contributed by atoms with Gasteiger partial charge in [0.25, 0.3) is 0 Å². The van der Waals surface area contributed by atoms with Crippen LogP contribution < -0.4 is 0 Å². The maximum absolute atomic E-state index is 5.03. The zero-order valence-electron chi connectivity index (χ0n) is 33.2. The highest BCUT2D eigenvalue weighted by molar-refractivity contribution is 7.22. The van der Waals surface area contributed by atoms with Crippen LogP contribution in [0, 0.1) is 0 Å². The van der Waals surface area contributed by atoms with Crippen molar-refractivity contribution in [2.45, 2.75) is 0 Å². The van der Waals surface area contributed by atoms with E-state index < -0.39 is 0 Å². The topological polar surface area (TPSA) is 35.6 Å². The highest BCUT2D eigenvalue weighted by Crippen LogP contribution is 2.41. The summed E-state index contributed by atoms with van der Waals surface area (Å²) in [5.41, 5.74) is 16.0. The summed E-state index contributed by atoms with van der Waals surface area (Å²) in [6, 6.07) is 74.6. The number of nitrogens with zero attached hydrogens (tertiary/aromatic N) is 4. The Labute approximate surface area is 364 Å². The number of thiazole rings is 2. The number of para-hydroxylation sites is 2. The highest BCUT2D eigenvalue weighted by atomic mass is 32.1. The van der Waals surface area contributed by atoms with Crippen molar-refractivity contribution in [2.24, 2.45) is 0 Å². The number of aromatic nitrogens is 4. The van der Waals surface area contributed by atoms with Gasteiger partial charge in [0.1, 0.15) is 10.0 Å². The molecule has 62 heavy (non-hydrogen) atoms. The monoisotopic (exact) mass is 826 g/mol. The second kappa shape index (κ2) is 14.0. The number of rotatable bonds is 6. The molecule has 0 unspecified atom stereocenters. The van der Waals surface area contributed by atoms with Crippen LogP contribution in [0.4, 0.5) is 0 Å². The summed E-state index contributed by atoms with van der Waals surface area (Å²) >= 11 is 3.49. The molecule has 13 rings (SSSR count). The van der Waals surface area contributed by atoms with E-state index in [-0.39, 0.29) is 0 Å². The Morgan fingerprint density at radius 2 is 0.629 bits per heavy atom. The number of hydrogen-bond donors (Lipinski definition) is 0. The number of hydrogen-bond acceptors (Lipinski definition) is 4. The Balaban J connectivity index is 0.972.